The molecular formula is C11H19N3O2S. The van der Waals surface area contributed by atoms with Gasteiger partial charge in [-0.15, -0.1) is 0 Å². The van der Waals surface area contributed by atoms with Crippen LogP contribution in [-0.4, -0.2) is 26.3 Å². The molecule has 96 valence electrons. The van der Waals surface area contributed by atoms with Crippen molar-refractivity contribution in [1.29, 1.82) is 0 Å². The molecule has 5 nitrogen and oxygen atoms in total. The molecule has 0 saturated carbocycles. The summed E-state index contributed by atoms with van der Waals surface area (Å²) >= 11 is 0. The third kappa shape index (κ3) is 3.18. The van der Waals surface area contributed by atoms with Crippen molar-refractivity contribution in [2.24, 2.45) is 5.84 Å². The highest BCUT2D eigenvalue weighted by atomic mass is 32.2. The molecule has 1 aromatic rings. The first-order valence-corrected chi connectivity index (χ1v) is 7.00. The van der Waals surface area contributed by atoms with Crippen molar-refractivity contribution in [2.45, 2.75) is 24.7 Å². The highest BCUT2D eigenvalue weighted by molar-refractivity contribution is 7.89. The van der Waals surface area contributed by atoms with Gasteiger partial charge < -0.3 is 5.43 Å². The maximum atomic E-state index is 12.2. The molecule has 0 radical (unpaired) electrons. The monoisotopic (exact) mass is 257 g/mol. The van der Waals surface area contributed by atoms with Gasteiger partial charge in [-0.1, -0.05) is 25.5 Å². The van der Waals surface area contributed by atoms with Gasteiger partial charge in [0.2, 0.25) is 10.0 Å². The maximum absolute atomic E-state index is 12.2. The Morgan fingerprint density at radius 1 is 1.35 bits per heavy atom. The van der Waals surface area contributed by atoms with Crippen LogP contribution in [0.1, 0.15) is 19.8 Å². The van der Waals surface area contributed by atoms with Crippen molar-refractivity contribution in [3.05, 3.63) is 24.3 Å². The number of hydrazine groups is 1. The van der Waals surface area contributed by atoms with E-state index in [1.54, 1.807) is 31.3 Å². The molecule has 1 aromatic carbocycles. The Morgan fingerprint density at radius 3 is 2.59 bits per heavy atom. The van der Waals surface area contributed by atoms with Crippen LogP contribution >= 0.6 is 0 Å². The number of para-hydroxylation sites is 1. The summed E-state index contributed by atoms with van der Waals surface area (Å²) in [6, 6.07) is 6.61. The molecule has 0 fully saturated rings. The third-order valence-electron chi connectivity index (χ3n) is 2.56. The summed E-state index contributed by atoms with van der Waals surface area (Å²) in [4.78, 5) is 0.209. The zero-order valence-electron chi connectivity index (χ0n) is 10.2. The van der Waals surface area contributed by atoms with Crippen LogP contribution in [0.3, 0.4) is 0 Å². The van der Waals surface area contributed by atoms with Crippen LogP contribution in [0.15, 0.2) is 29.2 Å². The molecule has 0 spiro atoms. The minimum atomic E-state index is -3.46. The molecule has 3 N–H and O–H groups in total. The van der Waals surface area contributed by atoms with Crippen LogP contribution in [0.4, 0.5) is 5.69 Å². The van der Waals surface area contributed by atoms with E-state index in [-0.39, 0.29) is 4.90 Å². The second-order valence-corrected chi connectivity index (χ2v) is 5.83. The number of nitrogens with zero attached hydrogens (tertiary/aromatic N) is 1. The number of rotatable bonds is 6. The quantitative estimate of drug-likeness (QED) is 0.596. The molecular weight excluding hydrogens is 238 g/mol. The highest BCUT2D eigenvalue weighted by Gasteiger charge is 2.22. The average molecular weight is 257 g/mol. The maximum Gasteiger partial charge on any atom is 0.244 e. The first-order valence-electron chi connectivity index (χ1n) is 5.56. The molecule has 0 saturated heterocycles. The summed E-state index contributed by atoms with van der Waals surface area (Å²) in [5.41, 5.74) is 2.82. The van der Waals surface area contributed by atoms with Gasteiger partial charge in [-0.25, -0.2) is 12.7 Å². The fraction of sp³-hybridized carbons (Fsp3) is 0.455. The second-order valence-electron chi connectivity index (χ2n) is 3.82. The topological polar surface area (TPSA) is 75.4 Å². The lowest BCUT2D eigenvalue weighted by Crippen LogP contribution is -2.29. The minimum Gasteiger partial charge on any atom is -0.323 e. The van der Waals surface area contributed by atoms with Gasteiger partial charge in [-0.05, 0) is 18.6 Å². The predicted molar refractivity (Wildman–Crippen MR) is 69.0 cm³/mol. The lowest BCUT2D eigenvalue weighted by Gasteiger charge is -2.18. The van der Waals surface area contributed by atoms with Crippen molar-refractivity contribution in [3.8, 4) is 0 Å². The van der Waals surface area contributed by atoms with Crippen LogP contribution < -0.4 is 11.3 Å². The van der Waals surface area contributed by atoms with Crippen molar-refractivity contribution in [2.75, 3.05) is 19.0 Å². The number of hydrogen-bond acceptors (Lipinski definition) is 4. The molecule has 0 heterocycles. The van der Waals surface area contributed by atoms with E-state index in [2.05, 4.69) is 5.43 Å². The van der Waals surface area contributed by atoms with Gasteiger partial charge >= 0.3 is 0 Å². The molecule has 0 atom stereocenters. The number of anilines is 1. The zero-order chi connectivity index (χ0) is 12.9. The van der Waals surface area contributed by atoms with E-state index in [4.69, 9.17) is 5.84 Å². The smallest absolute Gasteiger partial charge is 0.244 e. The molecule has 0 aliphatic heterocycles. The van der Waals surface area contributed by atoms with E-state index in [0.29, 0.717) is 12.2 Å². The fourth-order valence-electron chi connectivity index (χ4n) is 1.48. The zero-order valence-corrected chi connectivity index (χ0v) is 11.0. The van der Waals surface area contributed by atoms with Gasteiger partial charge in [0.25, 0.3) is 0 Å². The summed E-state index contributed by atoms with van der Waals surface area (Å²) < 4.78 is 25.9. The van der Waals surface area contributed by atoms with Gasteiger partial charge in [0.15, 0.2) is 0 Å². The fourth-order valence-corrected chi connectivity index (χ4v) is 2.84. The van der Waals surface area contributed by atoms with Crippen molar-refractivity contribution < 1.29 is 8.42 Å². The Kier molecular flexibility index (Phi) is 4.92. The first kappa shape index (κ1) is 14.0. The standard InChI is InChI=1S/C11H19N3O2S/c1-3-4-9-14(2)17(15,16)11-8-6-5-7-10(11)13-12/h5-8,13H,3-4,9,12H2,1-2H3. The molecule has 0 aromatic heterocycles. The third-order valence-corrected chi connectivity index (χ3v) is 4.47. The van der Waals surface area contributed by atoms with Crippen LogP contribution in [-0.2, 0) is 10.0 Å². The van der Waals surface area contributed by atoms with Crippen LogP contribution in [0.5, 0.6) is 0 Å². The number of benzene rings is 1. The van der Waals surface area contributed by atoms with Gasteiger partial charge in [0, 0.05) is 13.6 Å². The molecule has 0 amide bonds. The molecule has 17 heavy (non-hydrogen) atoms. The summed E-state index contributed by atoms with van der Waals surface area (Å²) in [5, 5.41) is 0. The van der Waals surface area contributed by atoms with E-state index in [0.717, 1.165) is 12.8 Å². The summed E-state index contributed by atoms with van der Waals surface area (Å²) in [5.74, 6) is 5.31. The van der Waals surface area contributed by atoms with Crippen molar-refractivity contribution >= 4 is 15.7 Å². The Morgan fingerprint density at radius 2 is 2.00 bits per heavy atom. The Bertz CT molecular complexity index is 460. The molecule has 0 unspecified atom stereocenters. The second kappa shape index (κ2) is 6.00. The number of unbranched alkanes of at least 4 members (excludes halogenated alkanes) is 1. The van der Waals surface area contributed by atoms with E-state index in [9.17, 15) is 8.42 Å². The number of hydrogen-bond donors (Lipinski definition) is 2. The minimum absolute atomic E-state index is 0.209. The largest absolute Gasteiger partial charge is 0.323 e. The Hall–Kier alpha value is -1.11. The van der Waals surface area contributed by atoms with Gasteiger partial charge in [0.05, 0.1) is 5.69 Å². The molecule has 0 aliphatic carbocycles. The first-order chi connectivity index (χ1) is 8.04. The predicted octanol–water partition coefficient (Wildman–Crippen LogP) is 1.39. The molecule has 0 aliphatic rings. The van der Waals surface area contributed by atoms with Gasteiger partial charge in [-0.2, -0.15) is 0 Å². The number of nitrogen functional groups attached to an aromatic ring is 1. The Balaban J connectivity index is 3.04. The van der Waals surface area contributed by atoms with Gasteiger partial charge in [0.1, 0.15) is 4.90 Å². The summed E-state index contributed by atoms with van der Waals surface area (Å²) in [7, 11) is -1.88. The van der Waals surface area contributed by atoms with E-state index < -0.39 is 10.0 Å². The van der Waals surface area contributed by atoms with E-state index in [1.165, 1.54) is 4.31 Å². The number of sulfonamides is 1. The lowest BCUT2D eigenvalue weighted by molar-refractivity contribution is 0.459. The lowest BCUT2D eigenvalue weighted by atomic mass is 10.3. The molecule has 6 heteroatoms. The SMILES string of the molecule is CCCCN(C)S(=O)(=O)c1ccccc1NN. The van der Waals surface area contributed by atoms with E-state index in [1.807, 2.05) is 6.92 Å². The van der Waals surface area contributed by atoms with Crippen molar-refractivity contribution in [3.63, 3.8) is 0 Å². The van der Waals surface area contributed by atoms with Crippen molar-refractivity contribution in [1.82, 2.24) is 4.31 Å². The highest BCUT2D eigenvalue weighted by Crippen LogP contribution is 2.22. The number of nitrogens with two attached hydrogens (primary N) is 1. The number of nitrogens with one attached hydrogen (secondary N) is 1. The van der Waals surface area contributed by atoms with Gasteiger partial charge in [-0.3, -0.25) is 5.84 Å². The molecule has 1 rings (SSSR count). The summed E-state index contributed by atoms with van der Waals surface area (Å²) in [6.45, 7) is 2.54. The van der Waals surface area contributed by atoms with E-state index >= 15 is 0 Å². The van der Waals surface area contributed by atoms with Crippen LogP contribution in [0, 0.1) is 0 Å². The summed E-state index contributed by atoms with van der Waals surface area (Å²) in [6.07, 6.45) is 1.80. The average Bonchev–Trinajstić information content (AvgIpc) is 2.35. The van der Waals surface area contributed by atoms with Crippen LogP contribution in [0.25, 0.3) is 0 Å². The normalized spacial score (nSPS) is 11.8. The Labute approximate surface area is 103 Å². The van der Waals surface area contributed by atoms with Crippen LogP contribution in [0.2, 0.25) is 0 Å². The molecule has 0 bridgehead atoms.